The van der Waals surface area contributed by atoms with Crippen LogP contribution in [0.25, 0.3) is 10.9 Å². The number of aromatic nitrogens is 1. The molecule has 2 nitrogen and oxygen atoms in total. The van der Waals surface area contributed by atoms with Gasteiger partial charge < -0.3 is 5.32 Å². The van der Waals surface area contributed by atoms with Crippen molar-refractivity contribution in [1.82, 2.24) is 4.98 Å². The minimum Gasteiger partial charge on any atom is -0.353 e. The second-order valence-corrected chi connectivity index (χ2v) is 4.69. The molecule has 1 aromatic heterocycles. The summed E-state index contributed by atoms with van der Waals surface area (Å²) in [4.78, 5) is 3.95. The Morgan fingerprint density at radius 1 is 0.909 bits per heavy atom. The van der Waals surface area contributed by atoms with E-state index in [-0.39, 0.29) is 11.2 Å². The molecule has 0 aliphatic carbocycles. The van der Waals surface area contributed by atoms with Gasteiger partial charge in [0.25, 0.3) is 0 Å². The molecular formula is C16H10F4N2. The Morgan fingerprint density at radius 2 is 1.68 bits per heavy atom. The standard InChI is InChI=1S/C16H10F4N2/c17-12-3-1-2-4-14(12)22-13-7-8-21-15-9-10(16(18,19)20)5-6-11(13)15/h1-9H,(H,21,22). The normalized spacial score (nSPS) is 11.6. The number of pyridine rings is 1. The van der Waals surface area contributed by atoms with Crippen LogP contribution in [0.4, 0.5) is 28.9 Å². The van der Waals surface area contributed by atoms with Crippen molar-refractivity contribution in [3.05, 3.63) is 66.1 Å². The largest absolute Gasteiger partial charge is 0.416 e. The lowest BCUT2D eigenvalue weighted by atomic mass is 10.1. The topological polar surface area (TPSA) is 24.9 Å². The highest BCUT2D eigenvalue weighted by Gasteiger charge is 2.30. The molecule has 6 heteroatoms. The molecule has 0 saturated carbocycles. The molecule has 1 heterocycles. The molecule has 0 fully saturated rings. The number of anilines is 2. The lowest BCUT2D eigenvalue weighted by molar-refractivity contribution is -0.137. The van der Waals surface area contributed by atoms with Crippen molar-refractivity contribution in [3.63, 3.8) is 0 Å². The molecule has 0 unspecified atom stereocenters. The van der Waals surface area contributed by atoms with Gasteiger partial charge in [0.05, 0.1) is 16.8 Å². The van der Waals surface area contributed by atoms with E-state index in [4.69, 9.17) is 0 Å². The van der Waals surface area contributed by atoms with Gasteiger partial charge in [0, 0.05) is 17.3 Å². The van der Waals surface area contributed by atoms with Gasteiger partial charge in [0.1, 0.15) is 5.82 Å². The molecule has 0 aliphatic rings. The van der Waals surface area contributed by atoms with Crippen molar-refractivity contribution in [1.29, 1.82) is 0 Å². The van der Waals surface area contributed by atoms with Crippen LogP contribution in [0, 0.1) is 5.82 Å². The van der Waals surface area contributed by atoms with Crippen LogP contribution in [-0.4, -0.2) is 4.98 Å². The summed E-state index contributed by atoms with van der Waals surface area (Å²) in [6, 6.07) is 10.9. The third-order valence-corrected chi connectivity index (χ3v) is 3.21. The summed E-state index contributed by atoms with van der Waals surface area (Å²) < 4.78 is 51.8. The molecule has 22 heavy (non-hydrogen) atoms. The molecular weight excluding hydrogens is 296 g/mol. The van der Waals surface area contributed by atoms with Gasteiger partial charge in [-0.2, -0.15) is 13.2 Å². The van der Waals surface area contributed by atoms with Crippen LogP contribution in [0.5, 0.6) is 0 Å². The van der Waals surface area contributed by atoms with E-state index in [1.807, 2.05) is 0 Å². The monoisotopic (exact) mass is 306 g/mol. The summed E-state index contributed by atoms with van der Waals surface area (Å²) in [5.74, 6) is -0.445. The molecule has 0 atom stereocenters. The predicted molar refractivity (Wildman–Crippen MR) is 76.4 cm³/mol. The molecule has 0 spiro atoms. The van der Waals surface area contributed by atoms with Gasteiger partial charge in [-0.1, -0.05) is 18.2 Å². The van der Waals surface area contributed by atoms with Gasteiger partial charge in [-0.25, -0.2) is 4.39 Å². The molecule has 3 rings (SSSR count). The number of halogens is 4. The highest BCUT2D eigenvalue weighted by molar-refractivity contribution is 5.93. The van der Waals surface area contributed by atoms with E-state index in [1.54, 1.807) is 24.3 Å². The Bertz CT molecular complexity index is 828. The van der Waals surface area contributed by atoms with E-state index in [2.05, 4.69) is 10.3 Å². The van der Waals surface area contributed by atoms with Crippen LogP contribution in [0.15, 0.2) is 54.7 Å². The second kappa shape index (κ2) is 5.29. The molecule has 0 radical (unpaired) electrons. The SMILES string of the molecule is Fc1ccccc1Nc1ccnc2cc(C(F)(F)F)ccc12. The van der Waals surface area contributed by atoms with Crippen LogP contribution >= 0.6 is 0 Å². The molecule has 3 aromatic rings. The van der Waals surface area contributed by atoms with Gasteiger partial charge in [0.2, 0.25) is 0 Å². The molecule has 2 aromatic carbocycles. The van der Waals surface area contributed by atoms with Crippen molar-refractivity contribution in [2.45, 2.75) is 6.18 Å². The number of nitrogens with one attached hydrogen (secondary N) is 1. The van der Waals surface area contributed by atoms with E-state index in [0.717, 1.165) is 12.1 Å². The van der Waals surface area contributed by atoms with Crippen LogP contribution in [0.1, 0.15) is 5.56 Å². The summed E-state index contributed by atoms with van der Waals surface area (Å²) in [5, 5.41) is 3.36. The van der Waals surface area contributed by atoms with Crippen molar-refractivity contribution in [2.24, 2.45) is 0 Å². The number of para-hydroxylation sites is 1. The number of alkyl halides is 3. The lowest BCUT2D eigenvalue weighted by Gasteiger charge is -2.12. The third kappa shape index (κ3) is 2.72. The van der Waals surface area contributed by atoms with Gasteiger partial charge in [0.15, 0.2) is 0 Å². The number of nitrogens with zero attached hydrogens (tertiary/aromatic N) is 1. The number of fused-ring (bicyclic) bond motifs is 1. The fourth-order valence-electron chi connectivity index (χ4n) is 2.14. The first-order valence-corrected chi connectivity index (χ1v) is 6.43. The van der Waals surface area contributed by atoms with Crippen molar-refractivity contribution in [3.8, 4) is 0 Å². The maximum Gasteiger partial charge on any atom is 0.416 e. The Morgan fingerprint density at radius 3 is 2.41 bits per heavy atom. The molecule has 0 aliphatic heterocycles. The molecule has 0 saturated heterocycles. The van der Waals surface area contributed by atoms with Crippen LogP contribution in [0.2, 0.25) is 0 Å². The van der Waals surface area contributed by atoms with E-state index in [1.165, 1.54) is 18.3 Å². The van der Waals surface area contributed by atoms with Crippen LogP contribution in [-0.2, 0) is 6.18 Å². The third-order valence-electron chi connectivity index (χ3n) is 3.21. The molecule has 112 valence electrons. The number of hydrogen-bond acceptors (Lipinski definition) is 2. The molecule has 0 bridgehead atoms. The first-order chi connectivity index (χ1) is 10.4. The summed E-state index contributed by atoms with van der Waals surface area (Å²) in [5.41, 5.74) is 0.158. The summed E-state index contributed by atoms with van der Waals surface area (Å²) in [7, 11) is 0. The average Bonchev–Trinajstić information content (AvgIpc) is 2.48. The van der Waals surface area contributed by atoms with Gasteiger partial charge >= 0.3 is 6.18 Å². The lowest BCUT2D eigenvalue weighted by Crippen LogP contribution is -2.05. The summed E-state index contributed by atoms with van der Waals surface area (Å²) in [6.07, 6.45) is -3.05. The second-order valence-electron chi connectivity index (χ2n) is 4.69. The van der Waals surface area contributed by atoms with E-state index in [0.29, 0.717) is 11.1 Å². The minimum absolute atomic E-state index is 0.191. The Kier molecular flexibility index (Phi) is 3.44. The van der Waals surface area contributed by atoms with E-state index >= 15 is 0 Å². The minimum atomic E-state index is -4.43. The zero-order chi connectivity index (χ0) is 15.7. The molecule has 0 amide bonds. The zero-order valence-corrected chi connectivity index (χ0v) is 11.2. The van der Waals surface area contributed by atoms with Crippen molar-refractivity contribution < 1.29 is 17.6 Å². The fraction of sp³-hybridized carbons (Fsp3) is 0.0625. The zero-order valence-electron chi connectivity index (χ0n) is 11.2. The number of benzene rings is 2. The Balaban J connectivity index is 2.06. The van der Waals surface area contributed by atoms with Gasteiger partial charge in [-0.3, -0.25) is 4.98 Å². The predicted octanol–water partition coefficient (Wildman–Crippen LogP) is 5.14. The number of hydrogen-bond donors (Lipinski definition) is 1. The highest BCUT2D eigenvalue weighted by atomic mass is 19.4. The van der Waals surface area contributed by atoms with Crippen LogP contribution < -0.4 is 5.32 Å². The van der Waals surface area contributed by atoms with Crippen molar-refractivity contribution in [2.75, 3.05) is 5.32 Å². The van der Waals surface area contributed by atoms with Gasteiger partial charge in [-0.05, 0) is 30.3 Å². The first-order valence-electron chi connectivity index (χ1n) is 6.43. The maximum absolute atomic E-state index is 13.7. The fourth-order valence-corrected chi connectivity index (χ4v) is 2.14. The summed E-state index contributed by atoms with van der Waals surface area (Å²) >= 11 is 0. The average molecular weight is 306 g/mol. The maximum atomic E-state index is 13.7. The highest BCUT2D eigenvalue weighted by Crippen LogP contribution is 2.33. The van der Waals surface area contributed by atoms with E-state index < -0.39 is 17.6 Å². The van der Waals surface area contributed by atoms with Crippen LogP contribution in [0.3, 0.4) is 0 Å². The van der Waals surface area contributed by atoms with Crippen molar-refractivity contribution >= 4 is 22.3 Å². The Labute approximate surface area is 123 Å². The van der Waals surface area contributed by atoms with Gasteiger partial charge in [-0.15, -0.1) is 0 Å². The Hall–Kier alpha value is -2.63. The number of rotatable bonds is 2. The first kappa shape index (κ1) is 14.3. The van der Waals surface area contributed by atoms with E-state index in [9.17, 15) is 17.6 Å². The summed E-state index contributed by atoms with van der Waals surface area (Å²) in [6.45, 7) is 0. The smallest absolute Gasteiger partial charge is 0.353 e. The quantitative estimate of drug-likeness (QED) is 0.663. The molecule has 1 N–H and O–H groups in total.